The Kier molecular flexibility index (Phi) is 75.8. The first-order chi connectivity index (χ1) is 49.7. The fraction of sp³-hybridized carbons (Fsp3) is 0.952. The molecule has 0 aromatic carbocycles. The SMILES string of the molecule is CCCCCCCCCCCCCCCCCCCCCCCCC(=O)O[C@H](COC(=O)CCCCCCCCCCCCCCCCC)COP(=O)(O)OC[C@@H](O)COP(=O)(O)OC[C@@H](COC(=O)CCCCCCCCCCCCCC)OC(=O)CCCCCCCCCCCCCCC. The van der Waals surface area contributed by atoms with Gasteiger partial charge < -0.3 is 33.8 Å². The summed E-state index contributed by atoms with van der Waals surface area (Å²) in [5.41, 5.74) is 0. The van der Waals surface area contributed by atoms with Crippen molar-refractivity contribution in [3.8, 4) is 0 Å². The van der Waals surface area contributed by atoms with E-state index in [4.69, 9.17) is 37.0 Å². The van der Waals surface area contributed by atoms with Crippen LogP contribution in [-0.2, 0) is 65.4 Å². The van der Waals surface area contributed by atoms with Crippen molar-refractivity contribution in [2.75, 3.05) is 39.6 Å². The van der Waals surface area contributed by atoms with Gasteiger partial charge in [-0.1, -0.05) is 400 Å². The van der Waals surface area contributed by atoms with E-state index in [2.05, 4.69) is 27.7 Å². The van der Waals surface area contributed by atoms with Crippen LogP contribution < -0.4 is 0 Å². The third kappa shape index (κ3) is 76.3. The molecule has 0 heterocycles. The van der Waals surface area contributed by atoms with Gasteiger partial charge in [-0.05, 0) is 25.7 Å². The third-order valence-electron chi connectivity index (χ3n) is 19.6. The smallest absolute Gasteiger partial charge is 0.462 e. The Morgan fingerprint density at radius 1 is 0.235 bits per heavy atom. The molecule has 0 rings (SSSR count). The Morgan fingerprint density at radius 3 is 0.578 bits per heavy atom. The molecule has 102 heavy (non-hydrogen) atoms. The van der Waals surface area contributed by atoms with Gasteiger partial charge in [-0.2, -0.15) is 0 Å². The average Bonchev–Trinajstić information content (AvgIpc) is 0.908. The molecule has 0 saturated carbocycles. The normalized spacial score (nSPS) is 13.8. The number of aliphatic hydroxyl groups is 1. The van der Waals surface area contributed by atoms with E-state index >= 15 is 0 Å². The van der Waals surface area contributed by atoms with Crippen molar-refractivity contribution in [1.82, 2.24) is 0 Å². The maximum absolute atomic E-state index is 13.1. The molecule has 0 aliphatic rings. The molecule has 0 aromatic heterocycles. The second kappa shape index (κ2) is 77.2. The Hall–Kier alpha value is -1.94. The second-order valence-corrected chi connectivity index (χ2v) is 32.8. The predicted octanol–water partition coefficient (Wildman–Crippen LogP) is 25.4. The van der Waals surface area contributed by atoms with Crippen LogP contribution in [0.2, 0.25) is 0 Å². The summed E-state index contributed by atoms with van der Waals surface area (Å²) in [5.74, 6) is -2.10. The Morgan fingerprint density at radius 2 is 0.392 bits per heavy atom. The second-order valence-electron chi connectivity index (χ2n) is 29.9. The minimum absolute atomic E-state index is 0.109. The summed E-state index contributed by atoms with van der Waals surface area (Å²) in [4.78, 5) is 73.1. The molecule has 606 valence electrons. The van der Waals surface area contributed by atoms with Crippen LogP contribution in [-0.4, -0.2) is 96.7 Å². The van der Waals surface area contributed by atoms with Crippen molar-refractivity contribution in [2.24, 2.45) is 0 Å². The van der Waals surface area contributed by atoms with Crippen LogP contribution in [0.5, 0.6) is 0 Å². The third-order valence-corrected chi connectivity index (χ3v) is 21.5. The quantitative estimate of drug-likeness (QED) is 0.0222. The van der Waals surface area contributed by atoms with Crippen molar-refractivity contribution in [3.05, 3.63) is 0 Å². The summed E-state index contributed by atoms with van der Waals surface area (Å²) >= 11 is 0. The first kappa shape index (κ1) is 100. The van der Waals surface area contributed by atoms with Gasteiger partial charge in [0.15, 0.2) is 12.2 Å². The summed E-state index contributed by atoms with van der Waals surface area (Å²) in [6.07, 6.45) is 70.7. The van der Waals surface area contributed by atoms with Crippen LogP contribution in [0.4, 0.5) is 0 Å². The lowest BCUT2D eigenvalue weighted by molar-refractivity contribution is -0.161. The van der Waals surface area contributed by atoms with E-state index < -0.39 is 97.5 Å². The fourth-order valence-electron chi connectivity index (χ4n) is 13.0. The van der Waals surface area contributed by atoms with Gasteiger partial charge in [0.25, 0.3) is 0 Å². The minimum Gasteiger partial charge on any atom is -0.462 e. The summed E-state index contributed by atoms with van der Waals surface area (Å²) < 4.78 is 68.8. The van der Waals surface area contributed by atoms with Crippen LogP contribution in [0.3, 0.4) is 0 Å². The summed E-state index contributed by atoms with van der Waals surface area (Å²) in [6, 6.07) is 0. The largest absolute Gasteiger partial charge is 0.472 e. The predicted molar refractivity (Wildman–Crippen MR) is 419 cm³/mol. The number of aliphatic hydroxyl groups excluding tert-OH is 1. The number of hydrogen-bond donors (Lipinski definition) is 3. The number of phosphoric ester groups is 2. The van der Waals surface area contributed by atoms with Crippen molar-refractivity contribution < 1.29 is 80.2 Å². The van der Waals surface area contributed by atoms with E-state index in [1.165, 1.54) is 283 Å². The number of rotatable bonds is 84. The molecule has 0 aliphatic heterocycles. The van der Waals surface area contributed by atoms with Gasteiger partial charge in [-0.15, -0.1) is 0 Å². The van der Waals surface area contributed by atoms with Gasteiger partial charge in [-0.3, -0.25) is 37.3 Å². The molecule has 3 N–H and O–H groups in total. The first-order valence-corrected chi connectivity index (χ1v) is 46.3. The zero-order chi connectivity index (χ0) is 74.6. The van der Waals surface area contributed by atoms with E-state index in [1.807, 2.05) is 0 Å². The zero-order valence-electron chi connectivity index (χ0n) is 66.6. The standard InChI is InChI=1S/C83H162O17P2/c1-5-9-13-17-21-25-29-33-35-36-37-38-39-40-41-43-46-50-54-58-62-66-70-83(88)100-79(74-94-81(86)68-64-60-56-52-48-45-42-34-30-26-22-18-14-10-6-2)76-98-102(91,92)96-72-77(84)71-95-101(89,90)97-75-78(73-93-80(85)67-63-59-55-51-47-32-28-24-20-16-12-8-4)99-82(87)69-65-61-57-53-49-44-31-27-23-19-15-11-7-3/h77-79,84H,5-76H2,1-4H3,(H,89,90)(H,91,92)/t77-,78+,79+/m0/s1. The highest BCUT2D eigenvalue weighted by Crippen LogP contribution is 2.45. The lowest BCUT2D eigenvalue weighted by atomic mass is 10.0. The number of hydrogen-bond acceptors (Lipinski definition) is 15. The van der Waals surface area contributed by atoms with E-state index in [0.717, 1.165) is 89.9 Å². The molecule has 17 nitrogen and oxygen atoms in total. The lowest BCUT2D eigenvalue weighted by Gasteiger charge is -2.21. The molecule has 0 aromatic rings. The molecular formula is C83H162O17P2. The maximum Gasteiger partial charge on any atom is 0.472 e. The Bertz CT molecular complexity index is 1930. The highest BCUT2D eigenvalue weighted by Gasteiger charge is 2.30. The van der Waals surface area contributed by atoms with E-state index in [-0.39, 0.29) is 25.7 Å². The van der Waals surface area contributed by atoms with Crippen LogP contribution >= 0.6 is 15.6 Å². The molecule has 0 bridgehead atoms. The number of carbonyl (C=O) groups is 4. The van der Waals surface area contributed by atoms with E-state index in [1.54, 1.807) is 0 Å². The van der Waals surface area contributed by atoms with E-state index in [0.29, 0.717) is 25.7 Å². The lowest BCUT2D eigenvalue weighted by Crippen LogP contribution is -2.30. The molecule has 0 fully saturated rings. The van der Waals surface area contributed by atoms with Crippen molar-refractivity contribution >= 4 is 39.5 Å². The molecule has 0 radical (unpaired) electrons. The molecule has 0 aliphatic carbocycles. The molecule has 19 heteroatoms. The van der Waals surface area contributed by atoms with Gasteiger partial charge in [-0.25, -0.2) is 9.13 Å². The molecule has 0 saturated heterocycles. The first-order valence-electron chi connectivity index (χ1n) is 43.3. The Balaban J connectivity index is 5.21. The van der Waals surface area contributed by atoms with Crippen LogP contribution in [0.25, 0.3) is 0 Å². The fourth-order valence-corrected chi connectivity index (χ4v) is 14.6. The summed E-state index contributed by atoms with van der Waals surface area (Å²) in [6.45, 7) is 5.04. The average molecular weight is 1490 g/mol. The number of unbranched alkanes of at least 4 members (excludes halogenated alkanes) is 58. The molecule has 0 amide bonds. The minimum atomic E-state index is -4.96. The van der Waals surface area contributed by atoms with Crippen molar-refractivity contribution in [3.63, 3.8) is 0 Å². The van der Waals surface area contributed by atoms with Gasteiger partial charge >= 0.3 is 39.5 Å². The summed E-state index contributed by atoms with van der Waals surface area (Å²) in [5, 5.41) is 10.7. The summed E-state index contributed by atoms with van der Waals surface area (Å²) in [7, 11) is -9.92. The monoisotopic (exact) mass is 1490 g/mol. The highest BCUT2D eigenvalue weighted by atomic mass is 31.2. The van der Waals surface area contributed by atoms with Crippen molar-refractivity contribution in [1.29, 1.82) is 0 Å². The van der Waals surface area contributed by atoms with Crippen molar-refractivity contribution in [2.45, 2.75) is 470 Å². The van der Waals surface area contributed by atoms with Crippen LogP contribution in [0, 0.1) is 0 Å². The van der Waals surface area contributed by atoms with Crippen LogP contribution in [0.1, 0.15) is 451 Å². The molecular weight excluding hydrogens is 1330 g/mol. The maximum atomic E-state index is 13.1. The number of esters is 4. The van der Waals surface area contributed by atoms with Gasteiger partial charge in [0.2, 0.25) is 0 Å². The number of ether oxygens (including phenoxy) is 4. The highest BCUT2D eigenvalue weighted by molar-refractivity contribution is 7.47. The molecule has 5 atom stereocenters. The van der Waals surface area contributed by atoms with Crippen LogP contribution in [0.15, 0.2) is 0 Å². The number of phosphoric acid groups is 2. The van der Waals surface area contributed by atoms with E-state index in [9.17, 15) is 43.2 Å². The van der Waals surface area contributed by atoms with Gasteiger partial charge in [0, 0.05) is 25.7 Å². The number of carbonyl (C=O) groups excluding carboxylic acids is 4. The van der Waals surface area contributed by atoms with Gasteiger partial charge in [0.1, 0.15) is 19.3 Å². The molecule has 2 unspecified atom stereocenters. The van der Waals surface area contributed by atoms with Gasteiger partial charge in [0.05, 0.1) is 26.4 Å². The molecule has 0 spiro atoms. The Labute approximate surface area is 626 Å². The topological polar surface area (TPSA) is 237 Å². The zero-order valence-corrected chi connectivity index (χ0v) is 68.4.